The van der Waals surface area contributed by atoms with E-state index in [0.717, 1.165) is 17.5 Å². The lowest BCUT2D eigenvalue weighted by molar-refractivity contribution is -0.116. The van der Waals surface area contributed by atoms with Gasteiger partial charge in [0.25, 0.3) is 5.56 Å². The molecule has 166 valence electrons. The molecule has 0 aromatic carbocycles. The minimum absolute atomic E-state index is 0.0778. The molecule has 0 saturated carbocycles. The van der Waals surface area contributed by atoms with Crippen LogP contribution in [0.4, 0.5) is 10.2 Å². The van der Waals surface area contributed by atoms with Crippen molar-refractivity contribution in [1.29, 1.82) is 0 Å². The van der Waals surface area contributed by atoms with Crippen LogP contribution in [-0.4, -0.2) is 30.1 Å². The Morgan fingerprint density at radius 1 is 1.19 bits per heavy atom. The van der Waals surface area contributed by atoms with Gasteiger partial charge in [0.15, 0.2) is 5.65 Å². The molecule has 32 heavy (non-hydrogen) atoms. The molecule has 4 rings (SSSR count). The van der Waals surface area contributed by atoms with E-state index in [1.165, 1.54) is 16.7 Å². The number of nitrogens with one attached hydrogen (secondary N) is 1. The van der Waals surface area contributed by atoms with Crippen LogP contribution in [0.5, 0.6) is 0 Å². The summed E-state index contributed by atoms with van der Waals surface area (Å²) in [6, 6.07) is 6.20. The normalized spacial score (nSPS) is 12.1. The second-order valence-electron chi connectivity index (χ2n) is 9.10. The number of aromatic nitrogens is 5. The highest BCUT2D eigenvalue weighted by atomic mass is 19.1. The van der Waals surface area contributed by atoms with Crippen molar-refractivity contribution in [2.24, 2.45) is 0 Å². The lowest BCUT2D eigenvalue weighted by atomic mass is 9.93. The van der Waals surface area contributed by atoms with Gasteiger partial charge in [-0.15, -0.1) is 0 Å². The van der Waals surface area contributed by atoms with Crippen LogP contribution >= 0.6 is 0 Å². The first-order chi connectivity index (χ1) is 15.1. The first kappa shape index (κ1) is 21.6. The van der Waals surface area contributed by atoms with Crippen molar-refractivity contribution in [3.63, 3.8) is 0 Å². The molecule has 1 amide bonds. The number of rotatable bonds is 4. The molecule has 4 aromatic heterocycles. The molecule has 9 heteroatoms. The molecule has 0 bridgehead atoms. The van der Waals surface area contributed by atoms with E-state index in [0.29, 0.717) is 16.7 Å². The fourth-order valence-corrected chi connectivity index (χ4v) is 3.58. The molecule has 0 unspecified atom stereocenters. The van der Waals surface area contributed by atoms with Crippen molar-refractivity contribution in [3.8, 4) is 0 Å². The Hall–Kier alpha value is -3.62. The van der Waals surface area contributed by atoms with Crippen LogP contribution in [0.1, 0.15) is 51.8 Å². The molecular formula is C23H25FN6O2. The van der Waals surface area contributed by atoms with Gasteiger partial charge in [0, 0.05) is 17.7 Å². The maximum absolute atomic E-state index is 13.6. The highest BCUT2D eigenvalue weighted by Gasteiger charge is 2.24. The van der Waals surface area contributed by atoms with E-state index >= 15 is 0 Å². The van der Waals surface area contributed by atoms with Crippen LogP contribution in [-0.2, 0) is 16.8 Å². The van der Waals surface area contributed by atoms with Crippen LogP contribution in [0.15, 0.2) is 41.5 Å². The minimum atomic E-state index is -0.502. The first-order valence-electron chi connectivity index (χ1n) is 10.4. The fraction of sp³-hybridized carbons (Fsp3) is 0.348. The second kappa shape index (κ2) is 7.81. The van der Waals surface area contributed by atoms with Gasteiger partial charge >= 0.3 is 0 Å². The third-order valence-corrected chi connectivity index (χ3v) is 5.28. The van der Waals surface area contributed by atoms with Gasteiger partial charge in [-0.1, -0.05) is 34.6 Å². The van der Waals surface area contributed by atoms with Gasteiger partial charge in [0.2, 0.25) is 5.91 Å². The van der Waals surface area contributed by atoms with Gasteiger partial charge < -0.3 is 5.32 Å². The molecule has 0 saturated heterocycles. The van der Waals surface area contributed by atoms with E-state index in [9.17, 15) is 14.0 Å². The number of pyridine rings is 2. The van der Waals surface area contributed by atoms with E-state index in [2.05, 4.69) is 15.3 Å². The van der Waals surface area contributed by atoms with E-state index in [1.54, 1.807) is 10.7 Å². The zero-order valence-electron chi connectivity index (χ0n) is 18.7. The van der Waals surface area contributed by atoms with Crippen molar-refractivity contribution >= 4 is 28.4 Å². The number of halogens is 1. The van der Waals surface area contributed by atoms with Crippen LogP contribution in [0.2, 0.25) is 0 Å². The van der Waals surface area contributed by atoms with E-state index in [-0.39, 0.29) is 29.3 Å². The molecule has 0 aliphatic heterocycles. The summed E-state index contributed by atoms with van der Waals surface area (Å²) in [5, 5.41) is 7.77. The van der Waals surface area contributed by atoms with Crippen LogP contribution < -0.4 is 10.9 Å². The Kier molecular flexibility index (Phi) is 5.28. The number of fused-ring (bicyclic) bond motifs is 3. The molecule has 0 atom stereocenters. The van der Waals surface area contributed by atoms with E-state index < -0.39 is 11.7 Å². The monoisotopic (exact) mass is 436 g/mol. The molecule has 8 nitrogen and oxygen atoms in total. The molecule has 0 fully saturated rings. The lowest BCUT2D eigenvalue weighted by Gasteiger charge is -2.14. The fourth-order valence-electron chi connectivity index (χ4n) is 3.58. The molecule has 1 N–H and O–H groups in total. The summed E-state index contributed by atoms with van der Waals surface area (Å²) < 4.78 is 16.1. The Bertz CT molecular complexity index is 1380. The molecule has 0 aliphatic carbocycles. The van der Waals surface area contributed by atoms with E-state index in [4.69, 9.17) is 5.10 Å². The number of carbonyl (C=O) groups excluding carboxylic acids is 1. The average molecular weight is 436 g/mol. The van der Waals surface area contributed by atoms with Crippen molar-refractivity contribution in [2.45, 2.75) is 52.5 Å². The standard InChI is InChI=1S/C23H25FN6O2/c1-13(2)15-8-9-25-21-20(15)22(32)29(19-10-16(23(3,4)5)28-30(19)21)12-18(31)27-17-7-6-14(24)11-26-17/h6-11,13H,12H2,1-5H3,(H,26,27,31). The van der Waals surface area contributed by atoms with Gasteiger partial charge in [-0.3, -0.25) is 14.2 Å². The maximum Gasteiger partial charge on any atom is 0.264 e. The summed E-state index contributed by atoms with van der Waals surface area (Å²) in [5.74, 6) is -0.678. The number of amides is 1. The Labute approximate surface area is 184 Å². The van der Waals surface area contributed by atoms with Crippen LogP contribution in [0.3, 0.4) is 0 Å². The first-order valence-corrected chi connectivity index (χ1v) is 10.4. The van der Waals surface area contributed by atoms with Gasteiger partial charge in [0.1, 0.15) is 23.8 Å². The number of hydrogen-bond acceptors (Lipinski definition) is 5. The molecule has 4 heterocycles. The molecule has 0 spiro atoms. The number of hydrogen-bond donors (Lipinski definition) is 1. The quantitative estimate of drug-likeness (QED) is 0.527. The third-order valence-electron chi connectivity index (χ3n) is 5.28. The zero-order valence-corrected chi connectivity index (χ0v) is 18.7. The molecule has 0 radical (unpaired) electrons. The lowest BCUT2D eigenvalue weighted by Crippen LogP contribution is -2.30. The number of carbonyl (C=O) groups is 1. The van der Waals surface area contributed by atoms with Gasteiger partial charge in [-0.25, -0.2) is 14.4 Å². The zero-order chi connectivity index (χ0) is 23.2. The molecule has 4 aromatic rings. The summed E-state index contributed by atoms with van der Waals surface area (Å²) >= 11 is 0. The summed E-state index contributed by atoms with van der Waals surface area (Å²) in [5.41, 5.74) is 1.97. The predicted octanol–water partition coefficient (Wildman–Crippen LogP) is 3.64. The van der Waals surface area contributed by atoms with Crippen molar-refractivity contribution < 1.29 is 9.18 Å². The Morgan fingerprint density at radius 2 is 1.94 bits per heavy atom. The summed E-state index contributed by atoms with van der Waals surface area (Å²) in [6.45, 7) is 9.83. The third kappa shape index (κ3) is 3.86. The summed E-state index contributed by atoms with van der Waals surface area (Å²) in [4.78, 5) is 34.7. The Balaban J connectivity index is 1.91. The van der Waals surface area contributed by atoms with Crippen molar-refractivity contribution in [2.75, 3.05) is 5.32 Å². The topological polar surface area (TPSA) is 94.2 Å². The number of nitrogens with zero attached hydrogens (tertiary/aromatic N) is 5. The van der Waals surface area contributed by atoms with Gasteiger partial charge in [-0.05, 0) is 29.7 Å². The molecule has 0 aliphatic rings. The largest absolute Gasteiger partial charge is 0.309 e. The van der Waals surface area contributed by atoms with Crippen LogP contribution in [0.25, 0.3) is 16.7 Å². The summed E-state index contributed by atoms with van der Waals surface area (Å²) in [6.07, 6.45) is 2.69. The highest BCUT2D eigenvalue weighted by Crippen LogP contribution is 2.26. The maximum atomic E-state index is 13.6. The van der Waals surface area contributed by atoms with Crippen LogP contribution in [0, 0.1) is 5.82 Å². The Morgan fingerprint density at radius 3 is 2.56 bits per heavy atom. The highest BCUT2D eigenvalue weighted by molar-refractivity contribution is 5.90. The molecular weight excluding hydrogens is 411 g/mol. The SMILES string of the molecule is CC(C)c1ccnc2c1c(=O)n(CC(=O)Nc1ccc(F)cn1)c1cc(C(C)(C)C)nn21. The van der Waals surface area contributed by atoms with Crippen molar-refractivity contribution in [1.82, 2.24) is 24.1 Å². The summed E-state index contributed by atoms with van der Waals surface area (Å²) in [7, 11) is 0. The van der Waals surface area contributed by atoms with Gasteiger partial charge in [-0.2, -0.15) is 9.61 Å². The second-order valence-corrected chi connectivity index (χ2v) is 9.10. The predicted molar refractivity (Wildman–Crippen MR) is 120 cm³/mol. The minimum Gasteiger partial charge on any atom is -0.309 e. The van der Waals surface area contributed by atoms with Gasteiger partial charge in [0.05, 0.1) is 17.3 Å². The smallest absolute Gasteiger partial charge is 0.264 e. The van der Waals surface area contributed by atoms with E-state index in [1.807, 2.05) is 46.8 Å². The van der Waals surface area contributed by atoms with Crippen molar-refractivity contribution in [3.05, 3.63) is 64.1 Å². The number of anilines is 1. The average Bonchev–Trinajstić information content (AvgIpc) is 3.18.